The quantitative estimate of drug-likeness (QED) is 0.348. The van der Waals surface area contributed by atoms with Crippen molar-refractivity contribution in [3.8, 4) is 16.9 Å². The molecule has 11 heteroatoms. The van der Waals surface area contributed by atoms with Crippen LogP contribution in [0, 0.1) is 5.82 Å². The Morgan fingerprint density at radius 1 is 1.00 bits per heavy atom. The number of carbonyl (C=O) groups excluding carboxylic acids is 2. The van der Waals surface area contributed by atoms with E-state index in [0.717, 1.165) is 0 Å². The smallest absolute Gasteiger partial charge is 0.272 e. The Hall–Kier alpha value is -3.79. The molecule has 0 radical (unpaired) electrons. The van der Waals surface area contributed by atoms with Gasteiger partial charge in [0.25, 0.3) is 11.8 Å². The molecule has 4 aromatic rings. The molecule has 3 heterocycles. The van der Waals surface area contributed by atoms with Crippen molar-refractivity contribution >= 4 is 40.8 Å². The molecule has 1 fully saturated rings. The van der Waals surface area contributed by atoms with Gasteiger partial charge in [0.05, 0.1) is 27.3 Å². The van der Waals surface area contributed by atoms with Crippen LogP contribution in [0.1, 0.15) is 20.8 Å². The Balaban J connectivity index is 1.49. The standard InChI is InChI=1S/C25H19Cl2FN6O2/c26-18-10-19(27)17(9-16(18)23-20(28)7-4-8-30-23)24(35)32-22-11-21(25(36)31-14-12-29-13-14)33-34(22)15-5-2-1-3-6-15/h1-11,14,29H,12-13H2,(H,31,36)(H,32,35). The van der Waals surface area contributed by atoms with Crippen molar-refractivity contribution in [2.75, 3.05) is 18.4 Å². The van der Waals surface area contributed by atoms with Crippen LogP contribution in [0.4, 0.5) is 10.2 Å². The van der Waals surface area contributed by atoms with Gasteiger partial charge in [-0.15, -0.1) is 0 Å². The number of nitrogens with zero attached hydrogens (tertiary/aromatic N) is 3. The summed E-state index contributed by atoms with van der Waals surface area (Å²) in [5.41, 5.74) is 1.03. The number of aromatic nitrogens is 3. The summed E-state index contributed by atoms with van der Waals surface area (Å²) in [7, 11) is 0. The van der Waals surface area contributed by atoms with Crippen LogP contribution in [0.5, 0.6) is 0 Å². The summed E-state index contributed by atoms with van der Waals surface area (Å²) in [5, 5.41) is 13.4. The first-order chi connectivity index (χ1) is 17.4. The maximum absolute atomic E-state index is 14.4. The Morgan fingerprint density at radius 2 is 1.78 bits per heavy atom. The number of hydrogen-bond acceptors (Lipinski definition) is 5. The van der Waals surface area contributed by atoms with Gasteiger partial charge >= 0.3 is 0 Å². The summed E-state index contributed by atoms with van der Waals surface area (Å²) in [6.07, 6.45) is 1.42. The van der Waals surface area contributed by atoms with E-state index in [1.807, 2.05) is 18.2 Å². The van der Waals surface area contributed by atoms with Crippen LogP contribution >= 0.6 is 23.2 Å². The molecule has 1 aliphatic heterocycles. The molecule has 0 aliphatic carbocycles. The van der Waals surface area contributed by atoms with E-state index in [2.05, 4.69) is 26.0 Å². The summed E-state index contributed by atoms with van der Waals surface area (Å²) in [4.78, 5) is 30.1. The van der Waals surface area contributed by atoms with Crippen molar-refractivity contribution in [1.82, 2.24) is 25.4 Å². The Morgan fingerprint density at radius 3 is 2.47 bits per heavy atom. The molecular formula is C25H19Cl2FN6O2. The molecule has 3 N–H and O–H groups in total. The van der Waals surface area contributed by atoms with E-state index in [-0.39, 0.29) is 50.3 Å². The van der Waals surface area contributed by atoms with Crippen molar-refractivity contribution in [2.45, 2.75) is 6.04 Å². The van der Waals surface area contributed by atoms with Crippen molar-refractivity contribution < 1.29 is 14.0 Å². The van der Waals surface area contributed by atoms with Crippen LogP contribution in [-0.2, 0) is 0 Å². The Bertz CT molecular complexity index is 1460. The van der Waals surface area contributed by atoms with Crippen molar-refractivity contribution in [1.29, 1.82) is 0 Å². The number of anilines is 1. The third-order valence-corrected chi connectivity index (χ3v) is 6.24. The molecule has 2 aromatic carbocycles. The first kappa shape index (κ1) is 23.9. The van der Waals surface area contributed by atoms with E-state index in [9.17, 15) is 14.0 Å². The molecule has 0 spiro atoms. The molecule has 0 saturated carbocycles. The summed E-state index contributed by atoms with van der Waals surface area (Å²) in [6, 6.07) is 16.0. The SMILES string of the molecule is O=C(NC1CNC1)c1cc(NC(=O)c2cc(-c3ncccc3F)c(Cl)cc2Cl)n(-c2ccccc2)n1. The number of amides is 2. The van der Waals surface area contributed by atoms with E-state index in [4.69, 9.17) is 23.2 Å². The number of halogens is 3. The van der Waals surface area contributed by atoms with Gasteiger partial charge in [-0.25, -0.2) is 9.07 Å². The van der Waals surface area contributed by atoms with Crippen LogP contribution in [0.3, 0.4) is 0 Å². The van der Waals surface area contributed by atoms with Gasteiger partial charge in [-0.1, -0.05) is 41.4 Å². The molecular weight excluding hydrogens is 506 g/mol. The number of rotatable bonds is 6. The predicted octanol–water partition coefficient (Wildman–Crippen LogP) is 4.33. The lowest BCUT2D eigenvalue weighted by molar-refractivity contribution is 0.0917. The second kappa shape index (κ2) is 10.1. The first-order valence-electron chi connectivity index (χ1n) is 11.0. The van der Waals surface area contributed by atoms with Gasteiger partial charge in [-0.2, -0.15) is 5.10 Å². The maximum atomic E-state index is 14.4. The van der Waals surface area contributed by atoms with E-state index in [1.165, 1.54) is 41.2 Å². The zero-order valence-electron chi connectivity index (χ0n) is 18.6. The number of para-hydroxylation sites is 1. The molecule has 2 amide bonds. The Kier molecular flexibility index (Phi) is 6.69. The fourth-order valence-electron chi connectivity index (χ4n) is 3.67. The van der Waals surface area contributed by atoms with E-state index in [0.29, 0.717) is 18.8 Å². The minimum atomic E-state index is -0.596. The zero-order valence-corrected chi connectivity index (χ0v) is 20.1. The lowest BCUT2D eigenvalue weighted by Gasteiger charge is -2.27. The highest BCUT2D eigenvalue weighted by Crippen LogP contribution is 2.33. The fraction of sp³-hybridized carbons (Fsp3) is 0.120. The zero-order chi connectivity index (χ0) is 25.2. The van der Waals surface area contributed by atoms with Gasteiger partial charge in [-0.3, -0.25) is 14.6 Å². The summed E-state index contributed by atoms with van der Waals surface area (Å²) in [5.74, 6) is -1.29. The third-order valence-electron chi connectivity index (χ3n) is 5.62. The topological polar surface area (TPSA) is 101 Å². The van der Waals surface area contributed by atoms with Gasteiger partial charge in [0.15, 0.2) is 5.69 Å². The van der Waals surface area contributed by atoms with Gasteiger partial charge < -0.3 is 16.0 Å². The largest absolute Gasteiger partial charge is 0.345 e. The van der Waals surface area contributed by atoms with Crippen molar-refractivity contribution in [2.24, 2.45) is 0 Å². The molecule has 0 unspecified atom stereocenters. The lowest BCUT2D eigenvalue weighted by Crippen LogP contribution is -2.57. The maximum Gasteiger partial charge on any atom is 0.272 e. The molecule has 1 aliphatic rings. The molecule has 1 saturated heterocycles. The lowest BCUT2D eigenvalue weighted by atomic mass is 10.1. The second-order valence-electron chi connectivity index (χ2n) is 8.09. The van der Waals surface area contributed by atoms with E-state index >= 15 is 0 Å². The monoisotopic (exact) mass is 524 g/mol. The van der Waals surface area contributed by atoms with Crippen LogP contribution in [0.2, 0.25) is 10.0 Å². The van der Waals surface area contributed by atoms with E-state index < -0.39 is 11.7 Å². The predicted molar refractivity (Wildman–Crippen MR) is 135 cm³/mol. The number of benzene rings is 2. The second-order valence-corrected chi connectivity index (χ2v) is 8.91. The molecule has 0 bridgehead atoms. The van der Waals surface area contributed by atoms with Gasteiger partial charge in [0.2, 0.25) is 0 Å². The molecule has 8 nitrogen and oxygen atoms in total. The molecule has 36 heavy (non-hydrogen) atoms. The van der Waals surface area contributed by atoms with Crippen LogP contribution in [0.25, 0.3) is 16.9 Å². The number of nitrogens with one attached hydrogen (secondary N) is 3. The average molecular weight is 525 g/mol. The highest BCUT2D eigenvalue weighted by atomic mass is 35.5. The van der Waals surface area contributed by atoms with Gasteiger partial charge in [-0.05, 0) is 36.4 Å². The molecule has 2 aromatic heterocycles. The summed E-state index contributed by atoms with van der Waals surface area (Å²) >= 11 is 12.6. The number of carbonyl (C=O) groups is 2. The minimum absolute atomic E-state index is 0.00742. The fourth-order valence-corrected chi connectivity index (χ4v) is 4.23. The van der Waals surface area contributed by atoms with Crippen LogP contribution < -0.4 is 16.0 Å². The highest BCUT2D eigenvalue weighted by molar-refractivity contribution is 6.38. The van der Waals surface area contributed by atoms with E-state index in [1.54, 1.807) is 12.1 Å². The molecule has 182 valence electrons. The normalized spacial score (nSPS) is 13.2. The van der Waals surface area contributed by atoms with Gasteiger partial charge in [0, 0.05) is 30.9 Å². The minimum Gasteiger partial charge on any atom is -0.345 e. The van der Waals surface area contributed by atoms with Crippen molar-refractivity contribution in [3.05, 3.63) is 94.0 Å². The number of pyridine rings is 1. The molecule has 0 atom stereocenters. The third kappa shape index (κ3) is 4.81. The first-order valence-corrected chi connectivity index (χ1v) is 11.7. The summed E-state index contributed by atoms with van der Waals surface area (Å²) < 4.78 is 15.8. The van der Waals surface area contributed by atoms with Crippen molar-refractivity contribution in [3.63, 3.8) is 0 Å². The van der Waals surface area contributed by atoms with Gasteiger partial charge in [0.1, 0.15) is 17.3 Å². The number of hydrogen-bond donors (Lipinski definition) is 3. The Labute approximate surface area is 215 Å². The highest BCUT2D eigenvalue weighted by Gasteiger charge is 2.24. The summed E-state index contributed by atoms with van der Waals surface area (Å²) in [6.45, 7) is 1.37. The van der Waals surface area contributed by atoms with Crippen LogP contribution in [0.15, 0.2) is 66.9 Å². The average Bonchev–Trinajstić information content (AvgIpc) is 3.26. The molecule has 5 rings (SSSR count). The van der Waals surface area contributed by atoms with Crippen LogP contribution in [-0.4, -0.2) is 45.7 Å².